The lowest BCUT2D eigenvalue weighted by Crippen LogP contribution is -2.20. The number of rotatable bonds is 7. The molecule has 0 bridgehead atoms. The number of hydrogen-bond acceptors (Lipinski definition) is 6. The van der Waals surface area contributed by atoms with Crippen molar-refractivity contribution in [2.24, 2.45) is 0 Å². The molecule has 0 radical (unpaired) electrons. The lowest BCUT2D eigenvalue weighted by atomic mass is 10.0. The van der Waals surface area contributed by atoms with E-state index in [4.69, 9.17) is 4.74 Å². The molecule has 0 unspecified atom stereocenters. The summed E-state index contributed by atoms with van der Waals surface area (Å²) in [6, 6.07) is 17.7. The summed E-state index contributed by atoms with van der Waals surface area (Å²) in [5.74, 6) is -0.00286. The maximum absolute atomic E-state index is 13.4. The second-order valence-electron chi connectivity index (χ2n) is 9.20. The summed E-state index contributed by atoms with van der Waals surface area (Å²) in [7, 11) is 0. The van der Waals surface area contributed by atoms with E-state index in [1.807, 2.05) is 45.0 Å². The number of aromatic nitrogens is 3. The predicted molar refractivity (Wildman–Crippen MR) is 145 cm³/mol. The molecule has 0 spiro atoms. The average Bonchev–Trinajstić information content (AvgIpc) is 3.21. The number of ether oxygens (including phenoxy) is 1. The fourth-order valence-corrected chi connectivity index (χ4v) is 4.36. The first kappa shape index (κ1) is 25.5. The number of amides is 1. The molecule has 3 aromatic carbocycles. The first-order valence-corrected chi connectivity index (χ1v) is 12.1. The fraction of sp³-hybridized carbons (Fsp3) is 0.138. The quantitative estimate of drug-likeness (QED) is 0.192. The minimum Gasteiger partial charge on any atom is -0.457 e. The molecule has 5 rings (SSSR count). The van der Waals surface area contributed by atoms with Gasteiger partial charge in [-0.15, -0.1) is 0 Å². The Morgan fingerprint density at radius 1 is 1.05 bits per heavy atom. The molecular formula is C29H24FN5O4. The third-order valence-corrected chi connectivity index (χ3v) is 6.21. The van der Waals surface area contributed by atoms with Crippen molar-refractivity contribution in [3.63, 3.8) is 0 Å². The minimum absolute atomic E-state index is 0.180. The number of carbonyl (C=O) groups is 1. The van der Waals surface area contributed by atoms with Crippen molar-refractivity contribution in [2.45, 2.75) is 27.3 Å². The van der Waals surface area contributed by atoms with Gasteiger partial charge in [-0.3, -0.25) is 14.9 Å². The molecule has 196 valence electrons. The maximum atomic E-state index is 13.4. The Morgan fingerprint density at radius 2 is 1.82 bits per heavy atom. The number of pyridine rings is 1. The summed E-state index contributed by atoms with van der Waals surface area (Å²) in [5, 5.41) is 19.5. The molecule has 39 heavy (non-hydrogen) atoms. The van der Waals surface area contributed by atoms with Crippen molar-refractivity contribution in [1.82, 2.24) is 14.8 Å². The van der Waals surface area contributed by atoms with Crippen LogP contribution in [0.1, 0.15) is 16.8 Å². The largest absolute Gasteiger partial charge is 0.457 e. The highest BCUT2D eigenvalue weighted by Crippen LogP contribution is 2.32. The van der Waals surface area contributed by atoms with E-state index < -0.39 is 10.8 Å². The van der Waals surface area contributed by atoms with Crippen LogP contribution < -0.4 is 10.1 Å². The number of hydrogen-bond donors (Lipinski definition) is 1. The Kier molecular flexibility index (Phi) is 6.76. The van der Waals surface area contributed by atoms with E-state index in [9.17, 15) is 19.3 Å². The second kappa shape index (κ2) is 10.3. The second-order valence-corrected chi connectivity index (χ2v) is 9.20. The molecule has 0 saturated heterocycles. The number of nitrogens with one attached hydrogen (secondary N) is 1. The van der Waals surface area contributed by atoms with Gasteiger partial charge in [0.2, 0.25) is 5.91 Å². The number of anilines is 1. The van der Waals surface area contributed by atoms with Crippen LogP contribution in [0, 0.1) is 36.7 Å². The number of fused-ring (bicyclic) bond motifs is 1. The number of nitro groups is 1. The third kappa shape index (κ3) is 5.45. The molecule has 0 saturated carbocycles. The number of nitro benzene ring substituents is 1. The molecule has 1 amide bonds. The van der Waals surface area contributed by atoms with Gasteiger partial charge in [0, 0.05) is 23.7 Å². The van der Waals surface area contributed by atoms with E-state index in [2.05, 4.69) is 15.4 Å². The summed E-state index contributed by atoms with van der Waals surface area (Å²) in [5.41, 5.74) is 4.59. The molecule has 0 aliphatic carbocycles. The van der Waals surface area contributed by atoms with Crippen molar-refractivity contribution < 1.29 is 18.8 Å². The van der Waals surface area contributed by atoms with E-state index >= 15 is 0 Å². The Labute approximate surface area is 223 Å². The van der Waals surface area contributed by atoms with Gasteiger partial charge >= 0.3 is 0 Å². The van der Waals surface area contributed by atoms with Gasteiger partial charge < -0.3 is 10.1 Å². The van der Waals surface area contributed by atoms with Gasteiger partial charge in [-0.05, 0) is 67.3 Å². The molecule has 10 heteroatoms. The van der Waals surface area contributed by atoms with Gasteiger partial charge in [-0.2, -0.15) is 5.10 Å². The number of aryl methyl sites for hydroxylation is 3. The van der Waals surface area contributed by atoms with Crippen molar-refractivity contribution in [3.05, 3.63) is 106 Å². The van der Waals surface area contributed by atoms with Crippen LogP contribution in [0.15, 0.2) is 72.9 Å². The van der Waals surface area contributed by atoms with Crippen molar-refractivity contribution in [2.75, 3.05) is 5.32 Å². The number of nitrogens with zero attached hydrogens (tertiary/aromatic N) is 4. The molecule has 0 aliphatic rings. The van der Waals surface area contributed by atoms with Gasteiger partial charge in [0.15, 0.2) is 5.65 Å². The number of benzene rings is 3. The van der Waals surface area contributed by atoms with Crippen LogP contribution in [0.5, 0.6) is 11.5 Å². The number of non-ortho nitro benzene ring substituents is 1. The molecule has 9 nitrogen and oxygen atoms in total. The Balaban J connectivity index is 1.42. The van der Waals surface area contributed by atoms with Crippen LogP contribution in [0.4, 0.5) is 15.8 Å². The predicted octanol–water partition coefficient (Wildman–Crippen LogP) is 6.50. The normalized spacial score (nSPS) is 11.0. The summed E-state index contributed by atoms with van der Waals surface area (Å²) < 4.78 is 20.8. The first-order valence-electron chi connectivity index (χ1n) is 12.1. The number of halogens is 1. The van der Waals surface area contributed by atoms with Gasteiger partial charge in [0.1, 0.15) is 23.9 Å². The van der Waals surface area contributed by atoms with E-state index in [0.29, 0.717) is 17.1 Å². The third-order valence-electron chi connectivity index (χ3n) is 6.21. The van der Waals surface area contributed by atoms with E-state index in [1.165, 1.54) is 35.0 Å². The molecule has 0 atom stereocenters. The molecule has 0 aliphatic heterocycles. The highest BCUT2D eigenvalue weighted by atomic mass is 19.1. The monoisotopic (exact) mass is 525 g/mol. The van der Waals surface area contributed by atoms with Crippen LogP contribution in [0.3, 0.4) is 0 Å². The van der Waals surface area contributed by atoms with E-state index in [1.54, 1.807) is 18.3 Å². The minimum atomic E-state index is -0.545. The first-order chi connectivity index (χ1) is 18.7. The van der Waals surface area contributed by atoms with Gasteiger partial charge in [-0.25, -0.2) is 14.1 Å². The van der Waals surface area contributed by atoms with Gasteiger partial charge in [-0.1, -0.05) is 24.3 Å². The molecule has 0 fully saturated rings. The Morgan fingerprint density at radius 3 is 2.56 bits per heavy atom. The van der Waals surface area contributed by atoms with Crippen molar-refractivity contribution >= 4 is 28.3 Å². The summed E-state index contributed by atoms with van der Waals surface area (Å²) in [4.78, 5) is 28.5. The highest BCUT2D eigenvalue weighted by molar-refractivity contribution is 5.96. The molecule has 1 N–H and O–H groups in total. The standard InChI is InChI=1S/C29H24FN5O4/c1-17-4-5-18(2)26(12-17)39-24-14-22(13-23(15-24)35(37)38)32-27(36)16-34-29-28(19(3)33-34)25(10-11-31-29)20-6-8-21(30)9-7-20/h4-15H,16H2,1-3H3,(H,32,36). The van der Waals surface area contributed by atoms with Crippen LogP contribution in [0.2, 0.25) is 0 Å². The summed E-state index contributed by atoms with van der Waals surface area (Å²) in [6.07, 6.45) is 1.61. The zero-order chi connectivity index (χ0) is 27.7. The van der Waals surface area contributed by atoms with Crippen molar-refractivity contribution in [3.8, 4) is 22.6 Å². The Hall–Kier alpha value is -5.12. The maximum Gasteiger partial charge on any atom is 0.275 e. The molecule has 2 heterocycles. The summed E-state index contributed by atoms with van der Waals surface area (Å²) >= 11 is 0. The van der Waals surface area contributed by atoms with E-state index in [-0.39, 0.29) is 29.5 Å². The molecular weight excluding hydrogens is 501 g/mol. The lowest BCUT2D eigenvalue weighted by molar-refractivity contribution is -0.384. The topological polar surface area (TPSA) is 112 Å². The Bertz CT molecular complexity index is 1730. The lowest BCUT2D eigenvalue weighted by Gasteiger charge is -2.12. The van der Waals surface area contributed by atoms with Gasteiger partial charge in [0.05, 0.1) is 22.4 Å². The molecule has 2 aromatic heterocycles. The zero-order valence-electron chi connectivity index (χ0n) is 21.4. The fourth-order valence-electron chi connectivity index (χ4n) is 4.36. The van der Waals surface area contributed by atoms with Crippen molar-refractivity contribution in [1.29, 1.82) is 0 Å². The smallest absolute Gasteiger partial charge is 0.275 e. The van der Waals surface area contributed by atoms with Crippen LogP contribution in [-0.2, 0) is 11.3 Å². The SMILES string of the molecule is Cc1ccc(C)c(Oc2cc(NC(=O)Cn3nc(C)c4c(-c5ccc(F)cc5)ccnc43)cc([N+](=O)[O-])c2)c1. The average molecular weight is 526 g/mol. The van der Waals surface area contributed by atoms with E-state index in [0.717, 1.165) is 27.6 Å². The van der Waals surface area contributed by atoms with Crippen LogP contribution in [0.25, 0.3) is 22.2 Å². The van der Waals surface area contributed by atoms with Crippen LogP contribution >= 0.6 is 0 Å². The zero-order valence-corrected chi connectivity index (χ0v) is 21.4. The summed E-state index contributed by atoms with van der Waals surface area (Å²) in [6.45, 7) is 5.42. The molecule has 5 aromatic rings. The number of carbonyl (C=O) groups excluding carboxylic acids is 1. The highest BCUT2D eigenvalue weighted by Gasteiger charge is 2.18. The van der Waals surface area contributed by atoms with Crippen LogP contribution in [-0.4, -0.2) is 25.6 Å². The van der Waals surface area contributed by atoms with Gasteiger partial charge in [0.25, 0.3) is 5.69 Å².